The van der Waals surface area contributed by atoms with Crippen LogP contribution in [-0.4, -0.2) is 22.5 Å². The van der Waals surface area contributed by atoms with E-state index in [1.165, 1.54) is 16.7 Å². The van der Waals surface area contributed by atoms with Crippen molar-refractivity contribution >= 4 is 23.1 Å². The lowest BCUT2D eigenvalue weighted by Crippen LogP contribution is -2.25. The number of rotatable bonds is 7. The number of benzene rings is 1. The van der Waals surface area contributed by atoms with E-state index in [9.17, 15) is 0 Å². The summed E-state index contributed by atoms with van der Waals surface area (Å²) in [5.41, 5.74) is 4.07. The molecule has 0 aliphatic carbocycles. The molecule has 0 aliphatic rings. The zero-order valence-corrected chi connectivity index (χ0v) is 14.8. The summed E-state index contributed by atoms with van der Waals surface area (Å²) in [7, 11) is 0. The fourth-order valence-corrected chi connectivity index (χ4v) is 4.13. The standard InChI is InChI=1S/C16H23N3S2/c1-5-8-17-15(10-20-16-19-18-13(4)21-16)14-9-11(2)6-7-12(14)3/h6-7,9,15,17H,5,8,10H2,1-4H3. The molecule has 0 bridgehead atoms. The van der Waals surface area contributed by atoms with Crippen molar-refractivity contribution in [2.24, 2.45) is 0 Å². The Morgan fingerprint density at radius 3 is 2.71 bits per heavy atom. The highest BCUT2D eigenvalue weighted by Gasteiger charge is 2.15. The lowest BCUT2D eigenvalue weighted by Gasteiger charge is -2.20. The van der Waals surface area contributed by atoms with Gasteiger partial charge in [0.15, 0.2) is 4.34 Å². The van der Waals surface area contributed by atoms with Crippen molar-refractivity contribution in [3.63, 3.8) is 0 Å². The molecule has 21 heavy (non-hydrogen) atoms. The van der Waals surface area contributed by atoms with E-state index in [1.807, 2.05) is 6.92 Å². The molecule has 1 heterocycles. The maximum Gasteiger partial charge on any atom is 0.174 e. The Bertz CT molecular complexity index is 581. The highest BCUT2D eigenvalue weighted by molar-refractivity contribution is 8.01. The summed E-state index contributed by atoms with van der Waals surface area (Å²) in [6, 6.07) is 7.05. The molecule has 0 spiro atoms. The fraction of sp³-hybridized carbons (Fsp3) is 0.500. The molecule has 1 aromatic carbocycles. The molecule has 1 aromatic heterocycles. The lowest BCUT2D eigenvalue weighted by atomic mass is 10.00. The average molecular weight is 322 g/mol. The van der Waals surface area contributed by atoms with Crippen LogP contribution < -0.4 is 5.32 Å². The molecule has 5 heteroatoms. The summed E-state index contributed by atoms with van der Waals surface area (Å²) < 4.78 is 1.06. The Labute approximate surface area is 135 Å². The van der Waals surface area contributed by atoms with E-state index in [-0.39, 0.29) is 0 Å². The molecule has 0 radical (unpaired) electrons. The normalized spacial score (nSPS) is 12.6. The number of aryl methyl sites for hydroxylation is 3. The lowest BCUT2D eigenvalue weighted by molar-refractivity contribution is 0.575. The Balaban J connectivity index is 2.11. The van der Waals surface area contributed by atoms with Crippen molar-refractivity contribution in [3.8, 4) is 0 Å². The van der Waals surface area contributed by atoms with Gasteiger partial charge in [-0.25, -0.2) is 0 Å². The monoisotopic (exact) mass is 321 g/mol. The van der Waals surface area contributed by atoms with Crippen LogP contribution in [-0.2, 0) is 0 Å². The number of nitrogens with one attached hydrogen (secondary N) is 1. The van der Waals surface area contributed by atoms with Gasteiger partial charge in [-0.1, -0.05) is 53.8 Å². The van der Waals surface area contributed by atoms with Gasteiger partial charge >= 0.3 is 0 Å². The summed E-state index contributed by atoms with van der Waals surface area (Å²) in [5.74, 6) is 0.985. The number of thioether (sulfide) groups is 1. The van der Waals surface area contributed by atoms with Crippen molar-refractivity contribution in [2.45, 2.75) is 44.5 Å². The maximum atomic E-state index is 4.21. The van der Waals surface area contributed by atoms with Crippen molar-refractivity contribution < 1.29 is 0 Å². The number of nitrogens with zero attached hydrogens (tertiary/aromatic N) is 2. The van der Waals surface area contributed by atoms with Crippen molar-refractivity contribution in [3.05, 3.63) is 39.9 Å². The Kier molecular flexibility index (Phi) is 6.21. The largest absolute Gasteiger partial charge is 0.309 e. The van der Waals surface area contributed by atoms with Crippen LogP contribution in [0.4, 0.5) is 0 Å². The van der Waals surface area contributed by atoms with Crippen LogP contribution in [0.1, 0.15) is 41.1 Å². The van der Waals surface area contributed by atoms with Crippen molar-refractivity contribution in [2.75, 3.05) is 12.3 Å². The topological polar surface area (TPSA) is 37.8 Å². The molecule has 0 saturated heterocycles. The van der Waals surface area contributed by atoms with Crippen molar-refractivity contribution in [1.29, 1.82) is 0 Å². The third-order valence-corrected chi connectivity index (χ3v) is 5.40. The third-order valence-electron chi connectivity index (χ3n) is 3.33. The highest BCUT2D eigenvalue weighted by atomic mass is 32.2. The maximum absolute atomic E-state index is 4.21. The Morgan fingerprint density at radius 1 is 1.24 bits per heavy atom. The van der Waals surface area contributed by atoms with Gasteiger partial charge in [0, 0.05) is 11.8 Å². The van der Waals surface area contributed by atoms with E-state index >= 15 is 0 Å². The number of hydrogen-bond donors (Lipinski definition) is 1. The van der Waals surface area contributed by atoms with Gasteiger partial charge in [0.25, 0.3) is 0 Å². The zero-order valence-electron chi connectivity index (χ0n) is 13.1. The molecule has 0 amide bonds. The first-order chi connectivity index (χ1) is 10.1. The van der Waals surface area contributed by atoms with Crippen LogP contribution in [0.15, 0.2) is 22.5 Å². The van der Waals surface area contributed by atoms with Gasteiger partial charge in [0.05, 0.1) is 0 Å². The van der Waals surface area contributed by atoms with Crippen LogP contribution in [0.25, 0.3) is 0 Å². The van der Waals surface area contributed by atoms with E-state index in [2.05, 4.69) is 54.5 Å². The first-order valence-electron chi connectivity index (χ1n) is 7.33. The quantitative estimate of drug-likeness (QED) is 0.772. The Morgan fingerprint density at radius 2 is 2.05 bits per heavy atom. The van der Waals surface area contributed by atoms with E-state index in [0.29, 0.717) is 6.04 Å². The molecular formula is C16H23N3S2. The number of aromatic nitrogens is 2. The van der Waals surface area contributed by atoms with Gasteiger partial charge in [0.1, 0.15) is 5.01 Å². The van der Waals surface area contributed by atoms with Gasteiger partial charge in [-0.2, -0.15) is 0 Å². The molecule has 0 aliphatic heterocycles. The second kappa shape index (κ2) is 7.92. The van der Waals surface area contributed by atoms with Crippen LogP contribution in [0.2, 0.25) is 0 Å². The fourth-order valence-electron chi connectivity index (χ4n) is 2.20. The van der Waals surface area contributed by atoms with E-state index < -0.39 is 0 Å². The third kappa shape index (κ3) is 4.80. The minimum atomic E-state index is 0.360. The van der Waals surface area contributed by atoms with E-state index in [1.54, 1.807) is 23.1 Å². The molecule has 2 aromatic rings. The van der Waals surface area contributed by atoms with E-state index in [4.69, 9.17) is 0 Å². The van der Waals surface area contributed by atoms with Crippen molar-refractivity contribution in [1.82, 2.24) is 15.5 Å². The molecule has 2 rings (SSSR count). The molecule has 1 N–H and O–H groups in total. The van der Waals surface area contributed by atoms with Gasteiger partial charge in [0.2, 0.25) is 0 Å². The minimum absolute atomic E-state index is 0.360. The first kappa shape index (κ1) is 16.5. The number of hydrogen-bond acceptors (Lipinski definition) is 5. The first-order valence-corrected chi connectivity index (χ1v) is 9.13. The summed E-state index contributed by atoms with van der Waals surface area (Å²) in [4.78, 5) is 0. The summed E-state index contributed by atoms with van der Waals surface area (Å²) in [6.45, 7) is 9.58. The van der Waals surface area contributed by atoms with Crippen LogP contribution in [0.5, 0.6) is 0 Å². The van der Waals surface area contributed by atoms with Crippen LogP contribution in [0.3, 0.4) is 0 Å². The average Bonchev–Trinajstić information content (AvgIpc) is 2.88. The predicted octanol–water partition coefficient (Wildman–Crippen LogP) is 4.30. The molecule has 0 fully saturated rings. The van der Waals surface area contributed by atoms with Crippen LogP contribution in [0, 0.1) is 20.8 Å². The molecule has 0 saturated carbocycles. The minimum Gasteiger partial charge on any atom is -0.309 e. The summed E-state index contributed by atoms with van der Waals surface area (Å²) in [6.07, 6.45) is 1.14. The SMILES string of the molecule is CCCNC(CSc1nnc(C)s1)c1cc(C)ccc1C. The van der Waals surface area contributed by atoms with Gasteiger partial charge in [-0.3, -0.25) is 0 Å². The zero-order chi connectivity index (χ0) is 15.2. The van der Waals surface area contributed by atoms with Gasteiger partial charge < -0.3 is 5.32 Å². The van der Waals surface area contributed by atoms with Gasteiger partial charge in [-0.05, 0) is 44.9 Å². The second-order valence-electron chi connectivity index (χ2n) is 5.26. The molecular weight excluding hydrogens is 298 g/mol. The van der Waals surface area contributed by atoms with E-state index in [0.717, 1.165) is 28.1 Å². The Hall–Kier alpha value is -0.910. The molecule has 1 unspecified atom stereocenters. The van der Waals surface area contributed by atoms with Crippen LogP contribution >= 0.6 is 23.1 Å². The molecule has 1 atom stereocenters. The summed E-state index contributed by atoms with van der Waals surface area (Å²) in [5, 5.41) is 13.0. The second-order valence-corrected chi connectivity index (χ2v) is 7.71. The predicted molar refractivity (Wildman–Crippen MR) is 92.3 cm³/mol. The van der Waals surface area contributed by atoms with Gasteiger partial charge in [-0.15, -0.1) is 10.2 Å². The highest BCUT2D eigenvalue weighted by Crippen LogP contribution is 2.28. The molecule has 3 nitrogen and oxygen atoms in total. The molecule has 114 valence electrons. The summed E-state index contributed by atoms with van der Waals surface area (Å²) >= 11 is 3.46. The smallest absolute Gasteiger partial charge is 0.174 e.